The van der Waals surface area contributed by atoms with Gasteiger partial charge in [-0.15, -0.1) is 0 Å². The Hall–Kier alpha value is -3.23. The lowest BCUT2D eigenvalue weighted by Crippen LogP contribution is -2.09. The van der Waals surface area contributed by atoms with Crippen molar-refractivity contribution in [2.24, 2.45) is 0 Å². The van der Waals surface area contributed by atoms with E-state index in [9.17, 15) is 18.3 Å². The van der Waals surface area contributed by atoms with Gasteiger partial charge >= 0.3 is 6.18 Å². The van der Waals surface area contributed by atoms with Gasteiger partial charge in [0, 0.05) is 23.7 Å². The zero-order valence-electron chi connectivity index (χ0n) is 14.6. The first-order valence-electron chi connectivity index (χ1n) is 7.93. The first kappa shape index (κ1) is 18.6. The number of alkyl halides is 3. The van der Waals surface area contributed by atoms with Crippen LogP contribution >= 0.6 is 0 Å². The Balaban J connectivity index is 1.96. The third-order valence-electron chi connectivity index (χ3n) is 3.91. The number of aromatic hydroxyl groups is 1. The molecule has 0 spiro atoms. The van der Waals surface area contributed by atoms with Gasteiger partial charge in [-0.1, -0.05) is 0 Å². The predicted molar refractivity (Wildman–Crippen MR) is 95.7 cm³/mol. The molecule has 0 aliphatic carbocycles. The second kappa shape index (κ2) is 6.82. The lowest BCUT2D eigenvalue weighted by atomic mass is 10.1. The summed E-state index contributed by atoms with van der Waals surface area (Å²) in [5.74, 6) is 1.01. The van der Waals surface area contributed by atoms with Gasteiger partial charge in [-0.3, -0.25) is 0 Å². The summed E-state index contributed by atoms with van der Waals surface area (Å²) in [6, 6.07) is 6.38. The summed E-state index contributed by atoms with van der Waals surface area (Å²) in [4.78, 5) is 8.57. The minimum absolute atomic E-state index is 0.0210. The van der Waals surface area contributed by atoms with Gasteiger partial charge in [0.25, 0.3) is 0 Å². The molecule has 0 saturated carbocycles. The summed E-state index contributed by atoms with van der Waals surface area (Å²) >= 11 is 0. The molecule has 6 nitrogen and oxygen atoms in total. The lowest BCUT2D eigenvalue weighted by molar-refractivity contribution is -0.137. The Bertz CT molecular complexity index is 1010. The van der Waals surface area contributed by atoms with Gasteiger partial charge in [-0.25, -0.2) is 9.97 Å². The number of hydrogen-bond acceptors (Lipinski definition) is 6. The molecule has 0 radical (unpaired) electrons. The minimum Gasteiger partial charge on any atom is -0.504 e. The van der Waals surface area contributed by atoms with Gasteiger partial charge in [0.1, 0.15) is 11.6 Å². The molecule has 0 bridgehead atoms. The molecule has 0 aliphatic rings. The van der Waals surface area contributed by atoms with Gasteiger partial charge < -0.3 is 20.9 Å². The van der Waals surface area contributed by atoms with Crippen LogP contribution in [-0.4, -0.2) is 22.2 Å². The summed E-state index contributed by atoms with van der Waals surface area (Å²) in [5, 5.41) is 13.5. The molecule has 27 heavy (non-hydrogen) atoms. The van der Waals surface area contributed by atoms with E-state index < -0.39 is 11.7 Å². The summed E-state index contributed by atoms with van der Waals surface area (Å²) in [5.41, 5.74) is 5.68. The van der Waals surface area contributed by atoms with Crippen LogP contribution in [0.15, 0.2) is 30.3 Å². The number of nitrogens with zero attached hydrogens (tertiary/aromatic N) is 2. The molecule has 0 unspecified atom stereocenters. The van der Waals surface area contributed by atoms with Crippen molar-refractivity contribution >= 4 is 22.4 Å². The highest BCUT2D eigenvalue weighted by Crippen LogP contribution is 2.34. The molecule has 4 N–H and O–H groups in total. The van der Waals surface area contributed by atoms with E-state index in [1.165, 1.54) is 19.2 Å². The van der Waals surface area contributed by atoms with Crippen LogP contribution in [-0.2, 0) is 12.7 Å². The van der Waals surface area contributed by atoms with E-state index in [0.29, 0.717) is 28.1 Å². The molecule has 3 rings (SSSR count). The number of phenolic OH excluding ortho intramolecular Hbond substituents is 1. The average molecular weight is 378 g/mol. The first-order valence-corrected chi connectivity index (χ1v) is 7.93. The molecule has 0 fully saturated rings. The molecule has 2 aromatic carbocycles. The number of hydrogen-bond donors (Lipinski definition) is 3. The highest BCUT2D eigenvalue weighted by molar-refractivity contribution is 5.91. The Morgan fingerprint density at radius 2 is 1.89 bits per heavy atom. The van der Waals surface area contributed by atoms with Gasteiger partial charge in [0.15, 0.2) is 11.5 Å². The number of nitrogens with two attached hydrogens (primary N) is 1. The minimum atomic E-state index is -4.48. The zero-order valence-corrected chi connectivity index (χ0v) is 14.6. The Morgan fingerprint density at radius 1 is 1.15 bits per heavy atom. The van der Waals surface area contributed by atoms with Crippen LogP contribution < -0.4 is 15.8 Å². The Kier molecular flexibility index (Phi) is 4.69. The highest BCUT2D eigenvalue weighted by atomic mass is 19.4. The van der Waals surface area contributed by atoms with Gasteiger partial charge in [-0.05, 0) is 36.8 Å². The van der Waals surface area contributed by atoms with Crippen LogP contribution in [0.1, 0.15) is 17.0 Å². The second-order valence-corrected chi connectivity index (χ2v) is 5.98. The molecule has 0 amide bonds. The first-order chi connectivity index (χ1) is 12.7. The number of aromatic nitrogens is 2. The number of nitrogens with one attached hydrogen (secondary N) is 1. The number of rotatable bonds is 4. The highest BCUT2D eigenvalue weighted by Gasteiger charge is 2.31. The maximum absolute atomic E-state index is 13.0. The quantitative estimate of drug-likeness (QED) is 0.597. The number of anilines is 2. The van der Waals surface area contributed by atoms with Gasteiger partial charge in [0.05, 0.1) is 18.2 Å². The topological polar surface area (TPSA) is 93.3 Å². The number of methoxy groups -OCH3 is 1. The summed E-state index contributed by atoms with van der Waals surface area (Å²) in [6.45, 7) is 1.75. The van der Waals surface area contributed by atoms with Gasteiger partial charge in [0.2, 0.25) is 0 Å². The largest absolute Gasteiger partial charge is 0.504 e. The van der Waals surface area contributed by atoms with E-state index in [-0.39, 0.29) is 23.7 Å². The molecule has 0 atom stereocenters. The number of ether oxygens (including phenoxy) is 1. The van der Waals surface area contributed by atoms with Crippen molar-refractivity contribution in [2.45, 2.75) is 19.6 Å². The maximum Gasteiger partial charge on any atom is 0.416 e. The number of nitrogen functional groups attached to an aromatic ring is 1. The number of fused-ring (bicyclic) bond motifs is 1. The Morgan fingerprint density at radius 3 is 2.56 bits per heavy atom. The van der Waals surface area contributed by atoms with Crippen molar-refractivity contribution in [3.8, 4) is 11.5 Å². The smallest absolute Gasteiger partial charge is 0.416 e. The van der Waals surface area contributed by atoms with Crippen molar-refractivity contribution in [3.63, 3.8) is 0 Å². The van der Waals surface area contributed by atoms with E-state index in [4.69, 9.17) is 10.5 Å². The molecular weight excluding hydrogens is 361 g/mol. The standard InChI is InChI=1S/C18H17F3N4O2/c1-9-24-14-7-16(27-2)15(26)6-13(14)17(25-9)23-8-10-3-11(18(19,20)21)5-12(22)4-10/h3-7,26H,8,22H2,1-2H3,(H,23,24,25). The third kappa shape index (κ3) is 3.97. The van der Waals surface area contributed by atoms with E-state index >= 15 is 0 Å². The van der Waals surface area contributed by atoms with E-state index in [2.05, 4.69) is 15.3 Å². The molecule has 0 aliphatic heterocycles. The van der Waals surface area contributed by atoms with Crippen LogP contribution in [0, 0.1) is 6.92 Å². The van der Waals surface area contributed by atoms with E-state index in [1.54, 1.807) is 13.0 Å². The van der Waals surface area contributed by atoms with Crippen molar-refractivity contribution in [1.82, 2.24) is 9.97 Å². The van der Waals surface area contributed by atoms with Gasteiger partial charge in [-0.2, -0.15) is 13.2 Å². The molecule has 3 aromatic rings. The number of benzene rings is 2. The number of aryl methyl sites for hydroxylation is 1. The van der Waals surface area contributed by atoms with Crippen molar-refractivity contribution in [3.05, 3.63) is 47.3 Å². The molecule has 1 aromatic heterocycles. The summed E-state index contributed by atoms with van der Waals surface area (Å²) in [7, 11) is 1.42. The molecule has 0 saturated heterocycles. The van der Waals surface area contributed by atoms with Crippen molar-refractivity contribution in [2.75, 3.05) is 18.2 Å². The third-order valence-corrected chi connectivity index (χ3v) is 3.91. The normalized spacial score (nSPS) is 11.6. The van der Waals surface area contributed by atoms with E-state index in [0.717, 1.165) is 12.1 Å². The van der Waals surface area contributed by atoms with Crippen molar-refractivity contribution < 1.29 is 23.0 Å². The average Bonchev–Trinajstić information content (AvgIpc) is 2.58. The van der Waals surface area contributed by atoms with Crippen LogP contribution in [0.4, 0.5) is 24.7 Å². The summed E-state index contributed by atoms with van der Waals surface area (Å²) in [6.07, 6.45) is -4.48. The van der Waals surface area contributed by atoms with Crippen molar-refractivity contribution in [1.29, 1.82) is 0 Å². The fraction of sp³-hybridized carbons (Fsp3) is 0.222. The lowest BCUT2D eigenvalue weighted by Gasteiger charge is -2.13. The van der Waals surface area contributed by atoms with Crippen LogP contribution in [0.2, 0.25) is 0 Å². The predicted octanol–water partition coefficient (Wildman–Crippen LogP) is 3.87. The van der Waals surface area contributed by atoms with E-state index in [1.807, 2.05) is 0 Å². The molecular formula is C18H17F3N4O2. The monoisotopic (exact) mass is 378 g/mol. The van der Waals surface area contributed by atoms with Crippen LogP contribution in [0.25, 0.3) is 10.9 Å². The SMILES string of the molecule is COc1cc2nc(C)nc(NCc3cc(N)cc(C(F)(F)F)c3)c2cc1O. The zero-order chi connectivity index (χ0) is 19.8. The second-order valence-electron chi connectivity index (χ2n) is 5.98. The summed E-state index contributed by atoms with van der Waals surface area (Å²) < 4.78 is 43.9. The van der Waals surface area contributed by atoms with Crippen LogP contribution in [0.5, 0.6) is 11.5 Å². The fourth-order valence-corrected chi connectivity index (χ4v) is 2.73. The number of halogens is 3. The Labute approximate surface area is 152 Å². The molecule has 142 valence electrons. The fourth-order valence-electron chi connectivity index (χ4n) is 2.73. The number of phenols is 1. The van der Waals surface area contributed by atoms with Crippen LogP contribution in [0.3, 0.4) is 0 Å². The molecule has 9 heteroatoms. The maximum atomic E-state index is 13.0. The molecule has 1 heterocycles.